The van der Waals surface area contributed by atoms with Crippen molar-refractivity contribution in [3.05, 3.63) is 0 Å². The molecule has 20 heavy (non-hydrogen) atoms. The van der Waals surface area contributed by atoms with Crippen LogP contribution in [0.2, 0.25) is 0 Å². The van der Waals surface area contributed by atoms with Crippen LogP contribution in [0, 0.1) is 0 Å². The molecule has 112 valence electrons. The number of nitrogens with zero attached hydrogens (tertiary/aromatic N) is 3. The molecule has 0 amide bonds. The third kappa shape index (κ3) is 3.86. The van der Waals surface area contributed by atoms with E-state index in [2.05, 4.69) is 32.0 Å². The number of thioether (sulfide) groups is 1. The Morgan fingerprint density at radius 3 is 2.70 bits per heavy atom. The molecule has 0 aromatic carbocycles. The molecule has 7 nitrogen and oxygen atoms in total. The van der Waals surface area contributed by atoms with Gasteiger partial charge in [0.2, 0.25) is 11.9 Å². The molecule has 1 aromatic heterocycles. The summed E-state index contributed by atoms with van der Waals surface area (Å²) in [7, 11) is 0. The Morgan fingerprint density at radius 1 is 1.25 bits per heavy atom. The predicted octanol–water partition coefficient (Wildman–Crippen LogP) is 1.64. The Labute approximate surface area is 123 Å². The Hall–Kier alpha value is -1.28. The summed E-state index contributed by atoms with van der Waals surface area (Å²) in [4.78, 5) is 12.6. The molecule has 0 saturated heterocycles. The second kappa shape index (κ2) is 7.49. The number of hydrogen-bond acceptors (Lipinski definition) is 8. The van der Waals surface area contributed by atoms with E-state index in [4.69, 9.17) is 10.6 Å². The van der Waals surface area contributed by atoms with Gasteiger partial charge in [-0.25, -0.2) is 5.84 Å². The number of nitrogens with two attached hydrogens (primary N) is 1. The second-order valence-electron chi connectivity index (χ2n) is 4.65. The lowest BCUT2D eigenvalue weighted by Crippen LogP contribution is -2.35. The summed E-state index contributed by atoms with van der Waals surface area (Å²) in [5.74, 6) is 6.20. The van der Waals surface area contributed by atoms with Crippen molar-refractivity contribution in [3.8, 4) is 6.01 Å². The Balaban J connectivity index is 2.12. The fourth-order valence-electron chi connectivity index (χ4n) is 2.39. The number of aromatic nitrogens is 3. The number of ether oxygens (including phenoxy) is 1. The summed E-state index contributed by atoms with van der Waals surface area (Å²) in [5, 5.41) is 3.99. The van der Waals surface area contributed by atoms with Gasteiger partial charge in [-0.3, -0.25) is 5.43 Å². The van der Waals surface area contributed by atoms with Crippen LogP contribution in [0.15, 0.2) is 0 Å². The highest BCUT2D eigenvalue weighted by atomic mass is 32.2. The van der Waals surface area contributed by atoms with E-state index in [9.17, 15) is 0 Å². The molecule has 1 fully saturated rings. The van der Waals surface area contributed by atoms with Crippen LogP contribution in [0.1, 0.15) is 32.6 Å². The SMILES string of the molecule is CCOc1nc(NN)nc(NC2CCCCC2SC)n1. The first-order chi connectivity index (χ1) is 9.76. The van der Waals surface area contributed by atoms with Crippen molar-refractivity contribution in [1.82, 2.24) is 15.0 Å². The smallest absolute Gasteiger partial charge is 0.323 e. The van der Waals surface area contributed by atoms with Gasteiger partial charge in [-0.2, -0.15) is 26.7 Å². The van der Waals surface area contributed by atoms with Crippen molar-refractivity contribution >= 4 is 23.7 Å². The molecule has 1 aliphatic rings. The average molecular weight is 298 g/mol. The molecule has 4 N–H and O–H groups in total. The van der Waals surface area contributed by atoms with E-state index < -0.39 is 0 Å². The third-order valence-electron chi connectivity index (χ3n) is 3.34. The Bertz CT molecular complexity index is 432. The normalized spacial score (nSPS) is 22.4. The standard InChI is InChI=1S/C12H22N6OS/c1-3-19-12-16-10(15-11(17-12)18-13)14-8-6-4-5-7-9(8)20-2/h8-9H,3-7,13H2,1-2H3,(H2,14,15,16,17,18). The van der Waals surface area contributed by atoms with Crippen LogP contribution in [-0.2, 0) is 0 Å². The summed E-state index contributed by atoms with van der Waals surface area (Å²) in [6.45, 7) is 2.39. The van der Waals surface area contributed by atoms with Crippen molar-refractivity contribution in [1.29, 1.82) is 0 Å². The summed E-state index contributed by atoms with van der Waals surface area (Å²) in [6, 6.07) is 0.663. The first-order valence-electron chi connectivity index (χ1n) is 6.91. The molecule has 0 spiro atoms. The van der Waals surface area contributed by atoms with Crippen molar-refractivity contribution in [2.24, 2.45) is 5.84 Å². The molecule has 0 aliphatic heterocycles. The van der Waals surface area contributed by atoms with E-state index in [1.807, 2.05) is 18.7 Å². The van der Waals surface area contributed by atoms with Gasteiger partial charge in [0.25, 0.3) is 0 Å². The molecule has 0 bridgehead atoms. The highest BCUT2D eigenvalue weighted by molar-refractivity contribution is 7.99. The first-order valence-corrected chi connectivity index (χ1v) is 8.20. The van der Waals surface area contributed by atoms with Gasteiger partial charge in [0.1, 0.15) is 0 Å². The molecule has 2 rings (SSSR count). The number of rotatable bonds is 6. The maximum absolute atomic E-state index is 5.38. The van der Waals surface area contributed by atoms with Gasteiger partial charge in [-0.05, 0) is 26.0 Å². The van der Waals surface area contributed by atoms with Gasteiger partial charge in [-0.15, -0.1) is 0 Å². The maximum Gasteiger partial charge on any atom is 0.323 e. The van der Waals surface area contributed by atoms with Gasteiger partial charge < -0.3 is 10.1 Å². The molecule has 2 unspecified atom stereocenters. The third-order valence-corrected chi connectivity index (χ3v) is 4.51. The molecule has 8 heteroatoms. The van der Waals surface area contributed by atoms with Crippen molar-refractivity contribution in [2.45, 2.75) is 43.9 Å². The quantitative estimate of drug-likeness (QED) is 0.538. The lowest BCUT2D eigenvalue weighted by molar-refractivity contribution is 0.312. The average Bonchev–Trinajstić information content (AvgIpc) is 2.48. The summed E-state index contributed by atoms with van der Waals surface area (Å²) in [5.41, 5.74) is 2.44. The molecule has 2 atom stereocenters. The topological polar surface area (TPSA) is 98.0 Å². The minimum Gasteiger partial charge on any atom is -0.464 e. The molecular weight excluding hydrogens is 276 g/mol. The van der Waals surface area contributed by atoms with Crippen LogP contribution in [0.25, 0.3) is 0 Å². The van der Waals surface area contributed by atoms with E-state index in [1.165, 1.54) is 19.3 Å². The number of hydrogen-bond donors (Lipinski definition) is 3. The van der Waals surface area contributed by atoms with Gasteiger partial charge in [0.05, 0.1) is 6.61 Å². The first kappa shape index (κ1) is 15.1. The number of nitrogen functional groups attached to an aromatic ring is 1. The molecular formula is C12H22N6OS. The highest BCUT2D eigenvalue weighted by Gasteiger charge is 2.25. The van der Waals surface area contributed by atoms with Gasteiger partial charge in [-0.1, -0.05) is 12.8 Å². The minimum absolute atomic E-state index is 0.287. The van der Waals surface area contributed by atoms with Crippen LogP contribution in [0.4, 0.5) is 11.9 Å². The van der Waals surface area contributed by atoms with E-state index in [-0.39, 0.29) is 6.01 Å². The number of hydrazine groups is 1. The van der Waals surface area contributed by atoms with Gasteiger partial charge >= 0.3 is 6.01 Å². The van der Waals surface area contributed by atoms with Crippen molar-refractivity contribution < 1.29 is 4.74 Å². The fraction of sp³-hybridized carbons (Fsp3) is 0.750. The monoisotopic (exact) mass is 298 g/mol. The fourth-order valence-corrected chi connectivity index (χ4v) is 3.32. The highest BCUT2D eigenvalue weighted by Crippen LogP contribution is 2.29. The van der Waals surface area contributed by atoms with Crippen LogP contribution in [0.3, 0.4) is 0 Å². The van der Waals surface area contributed by atoms with Gasteiger partial charge in [0.15, 0.2) is 0 Å². The zero-order valence-electron chi connectivity index (χ0n) is 11.9. The van der Waals surface area contributed by atoms with Crippen LogP contribution in [0.5, 0.6) is 6.01 Å². The summed E-state index contributed by atoms with van der Waals surface area (Å²) >= 11 is 1.89. The second-order valence-corrected chi connectivity index (χ2v) is 5.73. The summed E-state index contributed by atoms with van der Waals surface area (Å²) in [6.07, 6.45) is 7.04. The van der Waals surface area contributed by atoms with Crippen molar-refractivity contribution in [3.63, 3.8) is 0 Å². The lowest BCUT2D eigenvalue weighted by atomic mass is 9.95. The van der Waals surface area contributed by atoms with E-state index in [0.29, 0.717) is 29.8 Å². The lowest BCUT2D eigenvalue weighted by Gasteiger charge is -2.30. The van der Waals surface area contributed by atoms with E-state index in [0.717, 1.165) is 6.42 Å². The van der Waals surface area contributed by atoms with Crippen LogP contribution in [-0.4, -0.2) is 39.1 Å². The minimum atomic E-state index is 0.287. The van der Waals surface area contributed by atoms with Gasteiger partial charge in [0, 0.05) is 11.3 Å². The Morgan fingerprint density at radius 2 is 2.00 bits per heavy atom. The molecule has 1 saturated carbocycles. The predicted molar refractivity (Wildman–Crippen MR) is 82.0 cm³/mol. The van der Waals surface area contributed by atoms with Crippen LogP contribution >= 0.6 is 11.8 Å². The Kier molecular flexibility index (Phi) is 5.66. The molecule has 0 radical (unpaired) electrons. The van der Waals surface area contributed by atoms with E-state index >= 15 is 0 Å². The molecule has 1 heterocycles. The molecule has 1 aliphatic carbocycles. The zero-order valence-corrected chi connectivity index (χ0v) is 12.7. The van der Waals surface area contributed by atoms with Crippen molar-refractivity contribution in [2.75, 3.05) is 23.6 Å². The van der Waals surface area contributed by atoms with E-state index in [1.54, 1.807) is 0 Å². The number of anilines is 2. The summed E-state index contributed by atoms with van der Waals surface area (Å²) < 4.78 is 5.33. The zero-order chi connectivity index (χ0) is 14.4. The van der Waals surface area contributed by atoms with Crippen LogP contribution < -0.4 is 21.3 Å². The maximum atomic E-state index is 5.38. The largest absolute Gasteiger partial charge is 0.464 e. The number of nitrogens with one attached hydrogen (secondary N) is 2. The molecule has 1 aromatic rings.